The molecule has 1 aliphatic heterocycles. The molecule has 0 radical (unpaired) electrons. The van der Waals surface area contributed by atoms with E-state index in [1.165, 1.54) is 4.90 Å². The number of aromatic nitrogens is 2. The Morgan fingerprint density at radius 1 is 1.58 bits per heavy atom. The van der Waals surface area contributed by atoms with E-state index in [-0.39, 0.29) is 37.1 Å². The summed E-state index contributed by atoms with van der Waals surface area (Å²) in [5.74, 6) is 0.297. The maximum absolute atomic E-state index is 11.6. The lowest BCUT2D eigenvalue weighted by Crippen LogP contribution is -2.39. The zero-order valence-electron chi connectivity index (χ0n) is 10.3. The SMILES string of the molecule is Nc1nc2c(c(=O)[nH]1)NCN2C(O)COCCCO. The van der Waals surface area contributed by atoms with Crippen LogP contribution in [0.25, 0.3) is 0 Å². The van der Waals surface area contributed by atoms with E-state index in [4.69, 9.17) is 15.6 Å². The molecule has 0 saturated carbocycles. The van der Waals surface area contributed by atoms with Gasteiger partial charge in [0.2, 0.25) is 5.95 Å². The van der Waals surface area contributed by atoms with Crippen molar-refractivity contribution >= 4 is 17.5 Å². The number of ether oxygens (including phenoxy) is 1. The van der Waals surface area contributed by atoms with E-state index < -0.39 is 6.23 Å². The second-order valence-electron chi connectivity index (χ2n) is 4.09. The Morgan fingerprint density at radius 2 is 2.37 bits per heavy atom. The van der Waals surface area contributed by atoms with Crippen LogP contribution in [0.4, 0.5) is 17.5 Å². The number of anilines is 3. The first kappa shape index (κ1) is 13.6. The van der Waals surface area contributed by atoms with E-state index in [1.807, 2.05) is 0 Å². The van der Waals surface area contributed by atoms with Crippen LogP contribution in [0, 0.1) is 0 Å². The summed E-state index contributed by atoms with van der Waals surface area (Å²) in [6.07, 6.45) is -0.437. The molecule has 0 fully saturated rings. The molecule has 1 aromatic heterocycles. The number of nitrogen functional groups attached to an aromatic ring is 1. The molecule has 1 atom stereocenters. The molecule has 9 heteroatoms. The summed E-state index contributed by atoms with van der Waals surface area (Å²) in [6.45, 7) is 0.694. The summed E-state index contributed by atoms with van der Waals surface area (Å²) in [7, 11) is 0. The predicted molar refractivity (Wildman–Crippen MR) is 68.8 cm³/mol. The minimum absolute atomic E-state index is 0.00847. The third-order valence-corrected chi connectivity index (χ3v) is 2.69. The largest absolute Gasteiger partial charge is 0.396 e. The van der Waals surface area contributed by atoms with Gasteiger partial charge in [0.15, 0.2) is 12.0 Å². The van der Waals surface area contributed by atoms with Gasteiger partial charge in [-0.25, -0.2) is 0 Å². The Balaban J connectivity index is 2.03. The highest BCUT2D eigenvalue weighted by atomic mass is 16.5. The van der Waals surface area contributed by atoms with E-state index in [0.717, 1.165) is 0 Å². The average molecular weight is 271 g/mol. The van der Waals surface area contributed by atoms with Gasteiger partial charge in [-0.1, -0.05) is 0 Å². The lowest BCUT2D eigenvalue weighted by atomic mass is 10.4. The highest BCUT2D eigenvalue weighted by Gasteiger charge is 2.28. The second kappa shape index (κ2) is 5.87. The molecule has 0 bridgehead atoms. The number of fused-ring (bicyclic) bond motifs is 1. The molecule has 19 heavy (non-hydrogen) atoms. The Kier molecular flexibility index (Phi) is 4.20. The Morgan fingerprint density at radius 3 is 3.11 bits per heavy atom. The van der Waals surface area contributed by atoms with E-state index >= 15 is 0 Å². The average Bonchev–Trinajstić information content (AvgIpc) is 2.78. The topological polar surface area (TPSA) is 137 Å². The molecule has 106 valence electrons. The van der Waals surface area contributed by atoms with Crippen LogP contribution in [0.1, 0.15) is 6.42 Å². The van der Waals surface area contributed by atoms with Crippen LogP contribution in [-0.4, -0.2) is 52.9 Å². The van der Waals surface area contributed by atoms with Gasteiger partial charge in [-0.05, 0) is 6.42 Å². The molecular formula is C10H17N5O4. The zero-order chi connectivity index (χ0) is 13.8. The van der Waals surface area contributed by atoms with Gasteiger partial charge < -0.3 is 30.9 Å². The van der Waals surface area contributed by atoms with Gasteiger partial charge in [-0.15, -0.1) is 0 Å². The van der Waals surface area contributed by atoms with Gasteiger partial charge >= 0.3 is 0 Å². The first-order valence-corrected chi connectivity index (χ1v) is 5.90. The number of aliphatic hydroxyl groups is 2. The lowest BCUT2D eigenvalue weighted by molar-refractivity contribution is 0.0306. The maximum Gasteiger partial charge on any atom is 0.277 e. The molecule has 1 unspecified atom stereocenters. The fourth-order valence-corrected chi connectivity index (χ4v) is 1.78. The number of nitrogens with one attached hydrogen (secondary N) is 2. The number of rotatable bonds is 6. The molecule has 1 aliphatic rings. The van der Waals surface area contributed by atoms with E-state index in [1.54, 1.807) is 0 Å². The molecule has 2 heterocycles. The number of H-pyrrole nitrogens is 1. The van der Waals surface area contributed by atoms with Crippen molar-refractivity contribution in [3.05, 3.63) is 10.4 Å². The van der Waals surface area contributed by atoms with Gasteiger partial charge in [0.05, 0.1) is 13.3 Å². The van der Waals surface area contributed by atoms with Crippen LogP contribution in [0.2, 0.25) is 0 Å². The highest BCUT2D eigenvalue weighted by molar-refractivity contribution is 5.70. The molecular weight excluding hydrogens is 254 g/mol. The van der Waals surface area contributed by atoms with Gasteiger partial charge in [-0.2, -0.15) is 4.98 Å². The fourth-order valence-electron chi connectivity index (χ4n) is 1.78. The van der Waals surface area contributed by atoms with Gasteiger partial charge in [0.1, 0.15) is 5.69 Å². The van der Waals surface area contributed by atoms with Crippen molar-refractivity contribution in [1.29, 1.82) is 0 Å². The van der Waals surface area contributed by atoms with Crippen molar-refractivity contribution in [3.8, 4) is 0 Å². The predicted octanol–water partition coefficient (Wildman–Crippen LogP) is -1.74. The van der Waals surface area contributed by atoms with Crippen molar-refractivity contribution in [2.24, 2.45) is 0 Å². The van der Waals surface area contributed by atoms with E-state index in [9.17, 15) is 9.90 Å². The Hall–Kier alpha value is -1.84. The van der Waals surface area contributed by atoms with Crippen LogP contribution in [-0.2, 0) is 4.74 Å². The molecule has 1 aromatic rings. The molecule has 0 aliphatic carbocycles. The molecule has 0 spiro atoms. The van der Waals surface area contributed by atoms with Gasteiger partial charge in [0.25, 0.3) is 5.56 Å². The Labute approximate surface area is 109 Å². The van der Waals surface area contributed by atoms with Crippen molar-refractivity contribution in [2.75, 3.05) is 42.4 Å². The first-order valence-electron chi connectivity index (χ1n) is 5.90. The highest BCUT2D eigenvalue weighted by Crippen LogP contribution is 2.26. The smallest absolute Gasteiger partial charge is 0.277 e. The number of hydrogen-bond acceptors (Lipinski definition) is 8. The normalized spacial score (nSPS) is 15.2. The third-order valence-electron chi connectivity index (χ3n) is 2.69. The molecule has 0 saturated heterocycles. The maximum atomic E-state index is 11.6. The molecule has 0 amide bonds. The monoisotopic (exact) mass is 271 g/mol. The van der Waals surface area contributed by atoms with Crippen LogP contribution in [0.5, 0.6) is 0 Å². The quantitative estimate of drug-likeness (QED) is 0.384. The standard InChI is InChI=1S/C10H17N5O4/c11-10-13-8-7(9(18)14-10)12-5-15(8)6(17)4-19-3-1-2-16/h6,12,16-17H,1-5H2,(H3,11,13,14,18). The molecule has 9 nitrogen and oxygen atoms in total. The van der Waals surface area contributed by atoms with Crippen molar-refractivity contribution in [2.45, 2.75) is 12.6 Å². The minimum Gasteiger partial charge on any atom is -0.396 e. The summed E-state index contributed by atoms with van der Waals surface area (Å²) >= 11 is 0. The van der Waals surface area contributed by atoms with Crippen molar-refractivity contribution in [3.63, 3.8) is 0 Å². The second-order valence-corrected chi connectivity index (χ2v) is 4.09. The van der Waals surface area contributed by atoms with Crippen molar-refractivity contribution in [1.82, 2.24) is 9.97 Å². The third kappa shape index (κ3) is 2.95. The number of nitrogens with two attached hydrogens (primary N) is 1. The summed E-state index contributed by atoms with van der Waals surface area (Å²) in [5, 5.41) is 21.4. The zero-order valence-corrected chi connectivity index (χ0v) is 10.3. The van der Waals surface area contributed by atoms with Crippen LogP contribution < -0.4 is 21.5 Å². The van der Waals surface area contributed by atoms with Crippen LogP contribution >= 0.6 is 0 Å². The van der Waals surface area contributed by atoms with Crippen molar-refractivity contribution < 1.29 is 14.9 Å². The lowest BCUT2D eigenvalue weighted by Gasteiger charge is -2.23. The summed E-state index contributed by atoms with van der Waals surface area (Å²) < 4.78 is 5.20. The summed E-state index contributed by atoms with van der Waals surface area (Å²) in [4.78, 5) is 19.4. The summed E-state index contributed by atoms with van der Waals surface area (Å²) in [5.41, 5.74) is 5.38. The van der Waals surface area contributed by atoms with E-state index in [0.29, 0.717) is 18.8 Å². The van der Waals surface area contributed by atoms with E-state index in [2.05, 4.69) is 15.3 Å². The molecule has 6 N–H and O–H groups in total. The van der Waals surface area contributed by atoms with Gasteiger partial charge in [0, 0.05) is 13.2 Å². The van der Waals surface area contributed by atoms with Crippen LogP contribution in [0.3, 0.4) is 0 Å². The number of aromatic amines is 1. The van der Waals surface area contributed by atoms with Crippen LogP contribution in [0.15, 0.2) is 4.79 Å². The molecule has 0 aromatic carbocycles. The minimum atomic E-state index is -0.943. The first-order chi connectivity index (χ1) is 9.13. The number of nitrogens with zero attached hydrogens (tertiary/aromatic N) is 2. The summed E-state index contributed by atoms with van der Waals surface area (Å²) in [6, 6.07) is 0. The molecule has 2 rings (SSSR count). The van der Waals surface area contributed by atoms with Gasteiger partial charge in [-0.3, -0.25) is 9.78 Å². The number of aliphatic hydroxyl groups excluding tert-OH is 2. The Bertz CT molecular complexity index is 491. The number of hydrogen-bond donors (Lipinski definition) is 5. The fraction of sp³-hybridized carbons (Fsp3) is 0.600.